The molecule has 0 aliphatic heterocycles. The molecule has 1 aliphatic rings. The Kier molecular flexibility index (Phi) is 3.25. The van der Waals surface area contributed by atoms with E-state index < -0.39 is 17.3 Å². The van der Waals surface area contributed by atoms with Gasteiger partial charge in [-0.1, -0.05) is 20.8 Å². The van der Waals surface area contributed by atoms with E-state index in [-0.39, 0.29) is 5.41 Å². The predicted molar refractivity (Wildman–Crippen MR) is 61.9 cm³/mol. The van der Waals surface area contributed by atoms with Crippen molar-refractivity contribution in [1.82, 2.24) is 0 Å². The third-order valence-electron chi connectivity index (χ3n) is 3.80. The van der Waals surface area contributed by atoms with Crippen molar-refractivity contribution in [2.75, 3.05) is 0 Å². The number of aliphatic hydroxyl groups is 1. The first-order valence-electron chi connectivity index (χ1n) is 5.79. The average Bonchev–Trinajstić information content (AvgIpc) is 2.06. The van der Waals surface area contributed by atoms with Gasteiger partial charge in [-0.25, -0.2) is 4.79 Å². The average molecular weight is 229 g/mol. The van der Waals surface area contributed by atoms with E-state index in [1.807, 2.05) is 27.7 Å². The largest absolute Gasteiger partial charge is 0.443 e. The molecule has 94 valence electrons. The first kappa shape index (κ1) is 13.3. The molecule has 4 nitrogen and oxygen atoms in total. The SMILES string of the molecule is CC1(O)CCC(OC(N)=O)(C(C)(C)C)CC1. The summed E-state index contributed by atoms with van der Waals surface area (Å²) in [5.41, 5.74) is 3.80. The molecule has 0 bridgehead atoms. The highest BCUT2D eigenvalue weighted by atomic mass is 16.6. The second-order valence-electron chi connectivity index (χ2n) is 6.16. The van der Waals surface area contributed by atoms with Gasteiger partial charge in [0.1, 0.15) is 5.60 Å². The summed E-state index contributed by atoms with van der Waals surface area (Å²) in [6, 6.07) is 0. The maximum atomic E-state index is 11.0. The fourth-order valence-electron chi connectivity index (χ4n) is 2.39. The number of amides is 1. The summed E-state index contributed by atoms with van der Waals surface area (Å²) in [4.78, 5) is 11.0. The molecular formula is C12H23NO3. The Bertz CT molecular complexity index is 268. The van der Waals surface area contributed by atoms with Gasteiger partial charge < -0.3 is 15.6 Å². The Labute approximate surface area is 97.2 Å². The minimum absolute atomic E-state index is 0.168. The van der Waals surface area contributed by atoms with Crippen LogP contribution in [0.2, 0.25) is 0 Å². The number of primary amides is 1. The van der Waals surface area contributed by atoms with Crippen LogP contribution in [0.1, 0.15) is 53.4 Å². The molecule has 0 aromatic heterocycles. The lowest BCUT2D eigenvalue weighted by molar-refractivity contribution is -0.127. The van der Waals surface area contributed by atoms with Crippen molar-refractivity contribution < 1.29 is 14.6 Å². The summed E-state index contributed by atoms with van der Waals surface area (Å²) in [5, 5.41) is 9.93. The summed E-state index contributed by atoms with van der Waals surface area (Å²) in [7, 11) is 0. The van der Waals surface area contributed by atoms with Crippen molar-refractivity contribution in [3.05, 3.63) is 0 Å². The predicted octanol–water partition coefficient (Wildman–Crippen LogP) is 2.19. The molecule has 0 spiro atoms. The van der Waals surface area contributed by atoms with Gasteiger partial charge >= 0.3 is 6.09 Å². The molecular weight excluding hydrogens is 206 g/mol. The van der Waals surface area contributed by atoms with Crippen LogP contribution in [0.3, 0.4) is 0 Å². The second kappa shape index (κ2) is 3.91. The number of nitrogens with two attached hydrogens (primary N) is 1. The fraction of sp³-hybridized carbons (Fsp3) is 0.917. The molecule has 0 aromatic carbocycles. The number of hydrogen-bond acceptors (Lipinski definition) is 3. The minimum atomic E-state index is -0.725. The van der Waals surface area contributed by atoms with Crippen LogP contribution >= 0.6 is 0 Å². The monoisotopic (exact) mass is 229 g/mol. The summed E-state index contributed by atoms with van der Waals surface area (Å²) < 4.78 is 5.36. The first-order chi connectivity index (χ1) is 7.08. The molecule has 1 amide bonds. The van der Waals surface area contributed by atoms with E-state index in [0.717, 1.165) is 0 Å². The highest BCUT2D eigenvalue weighted by Crippen LogP contribution is 2.47. The molecule has 16 heavy (non-hydrogen) atoms. The molecule has 1 fully saturated rings. The zero-order chi connectivity index (χ0) is 12.6. The van der Waals surface area contributed by atoms with Crippen LogP contribution in [0.5, 0.6) is 0 Å². The van der Waals surface area contributed by atoms with Crippen LogP contribution in [-0.4, -0.2) is 22.4 Å². The van der Waals surface area contributed by atoms with Crippen molar-refractivity contribution in [2.24, 2.45) is 11.1 Å². The molecule has 0 aromatic rings. The van der Waals surface area contributed by atoms with Gasteiger partial charge in [-0.2, -0.15) is 0 Å². The van der Waals surface area contributed by atoms with Gasteiger partial charge in [-0.05, 0) is 32.6 Å². The van der Waals surface area contributed by atoms with Gasteiger partial charge in [-0.15, -0.1) is 0 Å². The fourth-order valence-corrected chi connectivity index (χ4v) is 2.39. The lowest BCUT2D eigenvalue weighted by Crippen LogP contribution is -2.53. The van der Waals surface area contributed by atoms with Gasteiger partial charge in [-0.3, -0.25) is 0 Å². The van der Waals surface area contributed by atoms with Crippen LogP contribution in [0.25, 0.3) is 0 Å². The van der Waals surface area contributed by atoms with E-state index in [4.69, 9.17) is 10.5 Å². The standard InChI is InChI=1S/C12H23NO3/c1-10(2,3)12(16-9(13)14)7-5-11(4,15)6-8-12/h15H,5-8H2,1-4H3,(H2,13,14). The van der Waals surface area contributed by atoms with Crippen LogP contribution in [0, 0.1) is 5.41 Å². The third-order valence-corrected chi connectivity index (χ3v) is 3.80. The number of carbonyl (C=O) groups is 1. The molecule has 1 rings (SSSR count). The van der Waals surface area contributed by atoms with E-state index in [1.54, 1.807) is 0 Å². The van der Waals surface area contributed by atoms with E-state index in [1.165, 1.54) is 0 Å². The van der Waals surface area contributed by atoms with E-state index in [0.29, 0.717) is 25.7 Å². The van der Waals surface area contributed by atoms with Crippen molar-refractivity contribution in [1.29, 1.82) is 0 Å². The molecule has 1 aliphatic carbocycles. The van der Waals surface area contributed by atoms with Crippen LogP contribution in [-0.2, 0) is 4.74 Å². The Morgan fingerprint density at radius 3 is 2.00 bits per heavy atom. The molecule has 0 unspecified atom stereocenters. The van der Waals surface area contributed by atoms with Gasteiger partial charge in [0.2, 0.25) is 0 Å². The summed E-state index contributed by atoms with van der Waals surface area (Å²) in [6.45, 7) is 7.94. The van der Waals surface area contributed by atoms with E-state index in [2.05, 4.69) is 0 Å². The summed E-state index contributed by atoms with van der Waals surface area (Å²) >= 11 is 0. The molecule has 1 saturated carbocycles. The topological polar surface area (TPSA) is 72.6 Å². The maximum absolute atomic E-state index is 11.0. The van der Waals surface area contributed by atoms with Gasteiger partial charge in [0.15, 0.2) is 0 Å². The molecule has 3 N–H and O–H groups in total. The first-order valence-corrected chi connectivity index (χ1v) is 5.79. The molecule has 4 heteroatoms. The Morgan fingerprint density at radius 2 is 1.69 bits per heavy atom. The molecule has 0 atom stereocenters. The van der Waals surface area contributed by atoms with Crippen molar-refractivity contribution in [3.63, 3.8) is 0 Å². The number of ether oxygens (including phenoxy) is 1. The van der Waals surface area contributed by atoms with Crippen molar-refractivity contribution in [2.45, 2.75) is 64.6 Å². The number of hydrogen-bond donors (Lipinski definition) is 2. The molecule has 0 radical (unpaired) electrons. The summed E-state index contributed by atoms with van der Waals surface area (Å²) in [5.74, 6) is 0. The van der Waals surface area contributed by atoms with Crippen LogP contribution < -0.4 is 5.73 Å². The Hall–Kier alpha value is -0.770. The lowest BCUT2D eigenvalue weighted by atomic mass is 9.65. The molecule has 0 heterocycles. The van der Waals surface area contributed by atoms with Gasteiger partial charge in [0.05, 0.1) is 5.60 Å². The van der Waals surface area contributed by atoms with Crippen LogP contribution in [0.15, 0.2) is 0 Å². The zero-order valence-corrected chi connectivity index (χ0v) is 10.7. The Balaban J connectivity index is 2.87. The Morgan fingerprint density at radius 1 is 1.25 bits per heavy atom. The van der Waals surface area contributed by atoms with Gasteiger partial charge in [0.25, 0.3) is 0 Å². The van der Waals surface area contributed by atoms with Crippen LogP contribution in [0.4, 0.5) is 4.79 Å². The normalized spacial score (nSPS) is 35.8. The lowest BCUT2D eigenvalue weighted by Gasteiger charge is -2.49. The molecule has 0 saturated heterocycles. The number of carbonyl (C=O) groups excluding carboxylic acids is 1. The summed E-state index contributed by atoms with van der Waals surface area (Å²) in [6.07, 6.45) is 1.87. The van der Waals surface area contributed by atoms with E-state index in [9.17, 15) is 9.90 Å². The number of rotatable bonds is 1. The highest BCUT2D eigenvalue weighted by molar-refractivity contribution is 5.65. The smallest absolute Gasteiger partial charge is 0.405 e. The zero-order valence-electron chi connectivity index (χ0n) is 10.7. The third kappa shape index (κ3) is 2.67. The quantitative estimate of drug-likeness (QED) is 0.724. The highest BCUT2D eigenvalue weighted by Gasteiger charge is 2.49. The van der Waals surface area contributed by atoms with Gasteiger partial charge in [0, 0.05) is 5.41 Å². The van der Waals surface area contributed by atoms with Crippen molar-refractivity contribution >= 4 is 6.09 Å². The minimum Gasteiger partial charge on any atom is -0.443 e. The van der Waals surface area contributed by atoms with Crippen molar-refractivity contribution in [3.8, 4) is 0 Å². The maximum Gasteiger partial charge on any atom is 0.405 e. The second-order valence-corrected chi connectivity index (χ2v) is 6.16. The van der Waals surface area contributed by atoms with E-state index >= 15 is 0 Å².